The van der Waals surface area contributed by atoms with Crippen molar-refractivity contribution in [3.8, 4) is 28.7 Å². The van der Waals surface area contributed by atoms with E-state index in [1.165, 1.54) is 31.4 Å². The smallest absolute Gasteiger partial charge is 0.165 e. The van der Waals surface area contributed by atoms with Gasteiger partial charge in [-0.3, -0.25) is 0 Å². The number of methoxy groups -OCH3 is 1. The summed E-state index contributed by atoms with van der Waals surface area (Å²) in [5, 5.41) is 18.3. The van der Waals surface area contributed by atoms with Crippen molar-refractivity contribution < 1.29 is 14.2 Å². The van der Waals surface area contributed by atoms with Gasteiger partial charge in [0.1, 0.15) is 11.8 Å². The summed E-state index contributed by atoms with van der Waals surface area (Å²) in [6, 6.07) is 10.9. The second-order valence-corrected chi connectivity index (χ2v) is 3.69. The van der Waals surface area contributed by atoms with E-state index in [0.717, 1.165) is 0 Å². The first-order chi connectivity index (χ1) is 8.65. The van der Waals surface area contributed by atoms with Gasteiger partial charge in [0, 0.05) is 0 Å². The van der Waals surface area contributed by atoms with Crippen LogP contribution >= 0.6 is 0 Å². The summed E-state index contributed by atoms with van der Waals surface area (Å²) in [7, 11) is 1.39. The highest BCUT2D eigenvalue weighted by atomic mass is 19.1. The van der Waals surface area contributed by atoms with Crippen molar-refractivity contribution in [3.05, 3.63) is 47.8 Å². The van der Waals surface area contributed by atoms with Crippen molar-refractivity contribution in [2.24, 2.45) is 0 Å². The van der Waals surface area contributed by atoms with Gasteiger partial charge in [0.05, 0.1) is 12.7 Å². The molecular weight excluding hydrogens is 233 g/mol. The molecule has 0 aliphatic heterocycles. The minimum absolute atomic E-state index is 0.0988. The first-order valence-electron chi connectivity index (χ1n) is 5.22. The van der Waals surface area contributed by atoms with Gasteiger partial charge in [-0.2, -0.15) is 5.26 Å². The first-order valence-corrected chi connectivity index (χ1v) is 5.22. The van der Waals surface area contributed by atoms with Crippen LogP contribution in [-0.2, 0) is 0 Å². The van der Waals surface area contributed by atoms with Gasteiger partial charge in [0.2, 0.25) is 0 Å². The summed E-state index contributed by atoms with van der Waals surface area (Å²) in [5.41, 5.74) is 1.59. The van der Waals surface area contributed by atoms with Crippen molar-refractivity contribution in [1.29, 1.82) is 5.26 Å². The van der Waals surface area contributed by atoms with E-state index in [4.69, 9.17) is 10.00 Å². The van der Waals surface area contributed by atoms with Gasteiger partial charge in [0.15, 0.2) is 11.6 Å². The lowest BCUT2D eigenvalue weighted by Gasteiger charge is -2.07. The maximum absolute atomic E-state index is 13.3. The zero-order valence-electron chi connectivity index (χ0n) is 9.64. The number of rotatable bonds is 2. The van der Waals surface area contributed by atoms with E-state index < -0.39 is 5.82 Å². The Morgan fingerprint density at radius 1 is 1.17 bits per heavy atom. The molecular formula is C14H10FNO2. The summed E-state index contributed by atoms with van der Waals surface area (Å²) in [6.07, 6.45) is 0. The molecule has 0 heterocycles. The van der Waals surface area contributed by atoms with E-state index in [-0.39, 0.29) is 17.1 Å². The zero-order valence-corrected chi connectivity index (χ0v) is 9.64. The fourth-order valence-corrected chi connectivity index (χ4v) is 1.65. The average molecular weight is 243 g/mol. The molecule has 0 radical (unpaired) electrons. The topological polar surface area (TPSA) is 53.2 Å². The fourth-order valence-electron chi connectivity index (χ4n) is 1.65. The lowest BCUT2D eigenvalue weighted by atomic mass is 10.0. The van der Waals surface area contributed by atoms with Crippen LogP contribution in [0.5, 0.6) is 11.5 Å². The van der Waals surface area contributed by atoms with E-state index in [9.17, 15) is 9.50 Å². The molecule has 0 unspecified atom stereocenters. The second-order valence-electron chi connectivity index (χ2n) is 3.69. The van der Waals surface area contributed by atoms with E-state index in [1.54, 1.807) is 12.1 Å². The number of hydrogen-bond donors (Lipinski definition) is 1. The molecule has 1 N–H and O–H groups in total. The van der Waals surface area contributed by atoms with Crippen LogP contribution in [0, 0.1) is 17.1 Å². The summed E-state index contributed by atoms with van der Waals surface area (Å²) in [4.78, 5) is 0. The van der Waals surface area contributed by atoms with Gasteiger partial charge >= 0.3 is 0 Å². The highest BCUT2D eigenvalue weighted by molar-refractivity contribution is 5.68. The zero-order chi connectivity index (χ0) is 13.1. The Hall–Kier alpha value is -2.54. The van der Waals surface area contributed by atoms with Gasteiger partial charge in [-0.1, -0.05) is 12.1 Å². The highest BCUT2D eigenvalue weighted by Crippen LogP contribution is 2.29. The molecule has 0 saturated heterocycles. The van der Waals surface area contributed by atoms with Crippen molar-refractivity contribution in [1.82, 2.24) is 0 Å². The van der Waals surface area contributed by atoms with Crippen LogP contribution in [0.15, 0.2) is 36.4 Å². The molecule has 4 heteroatoms. The molecule has 0 fully saturated rings. The monoisotopic (exact) mass is 243 g/mol. The van der Waals surface area contributed by atoms with Gasteiger partial charge < -0.3 is 9.84 Å². The summed E-state index contributed by atoms with van der Waals surface area (Å²) in [6.45, 7) is 0. The van der Waals surface area contributed by atoms with Crippen LogP contribution in [0.2, 0.25) is 0 Å². The predicted molar refractivity (Wildman–Crippen MR) is 64.8 cm³/mol. The Morgan fingerprint density at radius 3 is 2.44 bits per heavy atom. The third-order valence-corrected chi connectivity index (χ3v) is 2.60. The van der Waals surface area contributed by atoms with Crippen LogP contribution in [0.4, 0.5) is 4.39 Å². The Balaban J connectivity index is 2.49. The number of phenolic OH excluding ortho intramolecular Hbond substituents is 1. The van der Waals surface area contributed by atoms with Crippen molar-refractivity contribution in [2.45, 2.75) is 0 Å². The molecule has 0 aliphatic carbocycles. The molecule has 3 nitrogen and oxygen atoms in total. The quantitative estimate of drug-likeness (QED) is 0.881. The molecule has 0 bridgehead atoms. The van der Waals surface area contributed by atoms with Crippen LogP contribution in [0.1, 0.15) is 5.56 Å². The number of hydrogen-bond acceptors (Lipinski definition) is 3. The third-order valence-electron chi connectivity index (χ3n) is 2.60. The number of halogens is 1. The summed E-state index contributed by atoms with van der Waals surface area (Å²) < 4.78 is 18.2. The van der Waals surface area contributed by atoms with E-state index in [1.807, 2.05) is 6.07 Å². The SMILES string of the molecule is COc1cc(-c2ccc(C#N)c(O)c2)ccc1F. The molecule has 90 valence electrons. The minimum atomic E-state index is -0.445. The minimum Gasteiger partial charge on any atom is -0.507 e. The number of ether oxygens (including phenoxy) is 1. The van der Waals surface area contributed by atoms with Crippen molar-refractivity contribution in [3.63, 3.8) is 0 Å². The molecule has 2 aromatic rings. The normalized spacial score (nSPS) is 9.83. The number of nitrogens with zero attached hydrogens (tertiary/aromatic N) is 1. The molecule has 18 heavy (non-hydrogen) atoms. The van der Waals surface area contributed by atoms with Crippen LogP contribution in [-0.4, -0.2) is 12.2 Å². The van der Waals surface area contributed by atoms with E-state index >= 15 is 0 Å². The maximum atomic E-state index is 13.3. The largest absolute Gasteiger partial charge is 0.507 e. The molecule has 2 rings (SSSR count). The Bertz CT molecular complexity index is 623. The summed E-state index contributed by atoms with van der Waals surface area (Å²) in [5.74, 6) is -0.409. The number of nitriles is 1. The first kappa shape index (κ1) is 11.9. The molecule has 2 aromatic carbocycles. The van der Waals surface area contributed by atoms with Crippen molar-refractivity contribution in [2.75, 3.05) is 7.11 Å². The molecule has 0 saturated carbocycles. The highest BCUT2D eigenvalue weighted by Gasteiger charge is 2.07. The fraction of sp³-hybridized carbons (Fsp3) is 0.0714. The number of phenols is 1. The van der Waals surface area contributed by atoms with E-state index in [0.29, 0.717) is 11.1 Å². The average Bonchev–Trinajstić information content (AvgIpc) is 2.39. The standard InChI is InChI=1S/C14H10FNO2/c1-18-14-7-10(4-5-12(14)15)9-2-3-11(8-16)13(17)6-9/h2-7,17H,1H3. The number of aromatic hydroxyl groups is 1. The molecule has 0 aliphatic rings. The van der Waals surface area contributed by atoms with Gasteiger partial charge in [-0.25, -0.2) is 4.39 Å². The van der Waals surface area contributed by atoms with Crippen LogP contribution in [0.25, 0.3) is 11.1 Å². The molecule has 0 atom stereocenters. The van der Waals surface area contributed by atoms with Gasteiger partial charge in [0.25, 0.3) is 0 Å². The maximum Gasteiger partial charge on any atom is 0.165 e. The Kier molecular flexibility index (Phi) is 3.16. The Labute approximate surface area is 104 Å². The number of benzene rings is 2. The lowest BCUT2D eigenvalue weighted by Crippen LogP contribution is -1.89. The second kappa shape index (κ2) is 4.76. The van der Waals surface area contributed by atoms with E-state index in [2.05, 4.69) is 0 Å². The molecule has 0 spiro atoms. The lowest BCUT2D eigenvalue weighted by molar-refractivity contribution is 0.387. The van der Waals surface area contributed by atoms with Crippen molar-refractivity contribution >= 4 is 0 Å². The molecule has 0 aromatic heterocycles. The summed E-state index contributed by atoms with van der Waals surface area (Å²) >= 11 is 0. The molecule has 0 amide bonds. The van der Waals surface area contributed by atoms with Crippen LogP contribution < -0.4 is 4.74 Å². The third kappa shape index (κ3) is 2.11. The van der Waals surface area contributed by atoms with Gasteiger partial charge in [-0.05, 0) is 35.4 Å². The van der Waals surface area contributed by atoms with Gasteiger partial charge in [-0.15, -0.1) is 0 Å². The predicted octanol–water partition coefficient (Wildman–Crippen LogP) is 3.08. The van der Waals surface area contributed by atoms with Crippen LogP contribution in [0.3, 0.4) is 0 Å². The Morgan fingerprint density at radius 2 is 1.83 bits per heavy atom.